The van der Waals surface area contributed by atoms with Crippen molar-refractivity contribution in [1.82, 2.24) is 4.90 Å². The third kappa shape index (κ3) is 0.800. The predicted octanol–water partition coefficient (Wildman–Crippen LogP) is 1.74. The van der Waals surface area contributed by atoms with Crippen LogP contribution in [-0.4, -0.2) is 25.0 Å². The third-order valence-electron chi connectivity index (χ3n) is 3.43. The summed E-state index contributed by atoms with van der Waals surface area (Å²) < 4.78 is 0. The number of rotatable bonds is 1. The molecule has 1 aliphatic carbocycles. The Balaban J connectivity index is 1.96. The van der Waals surface area contributed by atoms with Crippen LogP contribution in [0.5, 0.6) is 0 Å². The van der Waals surface area contributed by atoms with Gasteiger partial charge in [-0.05, 0) is 37.8 Å². The first kappa shape index (κ1) is 6.66. The van der Waals surface area contributed by atoms with Crippen molar-refractivity contribution in [2.75, 3.05) is 20.1 Å². The zero-order valence-electron chi connectivity index (χ0n) is 7.06. The first-order valence-corrected chi connectivity index (χ1v) is 4.45. The van der Waals surface area contributed by atoms with Crippen LogP contribution in [0.3, 0.4) is 0 Å². The number of nitrogens with zero attached hydrogens (tertiary/aromatic N) is 1. The van der Waals surface area contributed by atoms with Crippen LogP contribution in [0.2, 0.25) is 0 Å². The average molecular weight is 139 g/mol. The zero-order valence-corrected chi connectivity index (χ0v) is 7.06. The molecule has 0 N–H and O–H groups in total. The summed E-state index contributed by atoms with van der Waals surface area (Å²) in [6.45, 7) is 5.06. The highest BCUT2D eigenvalue weighted by Gasteiger charge is 2.55. The molecule has 10 heavy (non-hydrogen) atoms. The molecular formula is C9H17N. The van der Waals surface area contributed by atoms with Gasteiger partial charge in [-0.2, -0.15) is 0 Å². The van der Waals surface area contributed by atoms with E-state index in [0.717, 1.165) is 11.3 Å². The Kier molecular flexibility index (Phi) is 1.31. The summed E-state index contributed by atoms with van der Waals surface area (Å²) in [7, 11) is 2.25. The van der Waals surface area contributed by atoms with E-state index in [1.165, 1.54) is 32.4 Å². The van der Waals surface area contributed by atoms with E-state index >= 15 is 0 Å². The van der Waals surface area contributed by atoms with Crippen molar-refractivity contribution in [1.29, 1.82) is 0 Å². The summed E-state index contributed by atoms with van der Waals surface area (Å²) in [5.74, 6) is 1.08. The van der Waals surface area contributed by atoms with E-state index in [-0.39, 0.29) is 0 Å². The van der Waals surface area contributed by atoms with Gasteiger partial charge >= 0.3 is 0 Å². The lowest BCUT2D eigenvalue weighted by Gasteiger charge is -2.08. The zero-order chi connectivity index (χ0) is 7.19. The smallest absolute Gasteiger partial charge is 0.00382 e. The predicted molar refractivity (Wildman–Crippen MR) is 42.9 cm³/mol. The van der Waals surface area contributed by atoms with Crippen molar-refractivity contribution < 1.29 is 0 Å². The maximum Gasteiger partial charge on any atom is 0.00382 e. The van der Waals surface area contributed by atoms with Crippen LogP contribution in [-0.2, 0) is 0 Å². The van der Waals surface area contributed by atoms with Crippen molar-refractivity contribution >= 4 is 0 Å². The third-order valence-corrected chi connectivity index (χ3v) is 3.43. The lowest BCUT2D eigenvalue weighted by molar-refractivity contribution is 0.374. The highest BCUT2D eigenvalue weighted by molar-refractivity contribution is 5.06. The molecule has 0 radical (unpaired) electrons. The van der Waals surface area contributed by atoms with E-state index in [1.54, 1.807) is 0 Å². The van der Waals surface area contributed by atoms with Crippen molar-refractivity contribution in [2.45, 2.75) is 26.2 Å². The number of likely N-dealkylation sites (tertiary alicyclic amines) is 1. The molecule has 1 saturated heterocycles. The molecule has 2 fully saturated rings. The summed E-state index contributed by atoms with van der Waals surface area (Å²) in [5.41, 5.74) is 0.809. The molecule has 0 aromatic rings. The SMILES string of the molecule is CCC1CC12CCN(C)C2. The Morgan fingerprint density at radius 1 is 1.60 bits per heavy atom. The number of hydrogen-bond donors (Lipinski definition) is 0. The highest BCUT2D eigenvalue weighted by atomic mass is 15.1. The molecule has 0 aromatic carbocycles. The lowest BCUT2D eigenvalue weighted by Crippen LogP contribution is -2.15. The molecule has 58 valence electrons. The van der Waals surface area contributed by atoms with Crippen LogP contribution in [0, 0.1) is 11.3 Å². The van der Waals surface area contributed by atoms with Crippen LogP contribution < -0.4 is 0 Å². The maximum atomic E-state index is 2.48. The second-order valence-electron chi connectivity index (χ2n) is 4.16. The van der Waals surface area contributed by atoms with Gasteiger partial charge in [-0.1, -0.05) is 13.3 Å². The maximum absolute atomic E-state index is 2.48. The first-order chi connectivity index (χ1) is 4.77. The monoisotopic (exact) mass is 139 g/mol. The Bertz CT molecular complexity index is 144. The summed E-state index contributed by atoms with van der Waals surface area (Å²) >= 11 is 0. The lowest BCUT2D eigenvalue weighted by atomic mass is 10.0. The van der Waals surface area contributed by atoms with Crippen LogP contribution in [0.1, 0.15) is 26.2 Å². The fourth-order valence-electron chi connectivity index (χ4n) is 2.62. The molecule has 2 aliphatic rings. The molecule has 2 rings (SSSR count). The summed E-state index contributed by atoms with van der Waals surface area (Å²) in [6.07, 6.45) is 4.41. The van der Waals surface area contributed by atoms with Gasteiger partial charge in [0.2, 0.25) is 0 Å². The van der Waals surface area contributed by atoms with E-state index in [1.807, 2.05) is 0 Å². The van der Waals surface area contributed by atoms with Crippen molar-refractivity contribution in [3.05, 3.63) is 0 Å². The molecule has 2 unspecified atom stereocenters. The van der Waals surface area contributed by atoms with Crippen LogP contribution >= 0.6 is 0 Å². The van der Waals surface area contributed by atoms with Gasteiger partial charge in [0.05, 0.1) is 0 Å². The summed E-state index contributed by atoms with van der Waals surface area (Å²) in [5, 5.41) is 0. The van der Waals surface area contributed by atoms with Crippen molar-refractivity contribution in [3.8, 4) is 0 Å². The van der Waals surface area contributed by atoms with Gasteiger partial charge in [0.15, 0.2) is 0 Å². The van der Waals surface area contributed by atoms with Crippen LogP contribution in [0.15, 0.2) is 0 Å². The molecule has 1 nitrogen and oxygen atoms in total. The van der Waals surface area contributed by atoms with Crippen molar-refractivity contribution in [2.24, 2.45) is 11.3 Å². The minimum absolute atomic E-state index is 0.809. The summed E-state index contributed by atoms with van der Waals surface area (Å²) in [6, 6.07) is 0. The van der Waals surface area contributed by atoms with Gasteiger partial charge < -0.3 is 4.90 Å². The molecule has 1 spiro atoms. The molecule has 0 aromatic heterocycles. The van der Waals surface area contributed by atoms with Crippen LogP contribution in [0.25, 0.3) is 0 Å². The minimum Gasteiger partial charge on any atom is -0.306 e. The Morgan fingerprint density at radius 2 is 2.40 bits per heavy atom. The van der Waals surface area contributed by atoms with Crippen LogP contribution in [0.4, 0.5) is 0 Å². The van der Waals surface area contributed by atoms with Crippen molar-refractivity contribution in [3.63, 3.8) is 0 Å². The molecular weight excluding hydrogens is 122 g/mol. The Hall–Kier alpha value is -0.0400. The topological polar surface area (TPSA) is 3.24 Å². The Morgan fingerprint density at radius 3 is 2.80 bits per heavy atom. The fraction of sp³-hybridized carbons (Fsp3) is 1.00. The molecule has 1 heterocycles. The quantitative estimate of drug-likeness (QED) is 0.535. The average Bonchev–Trinajstić information content (AvgIpc) is 2.46. The Labute approximate surface area is 63.4 Å². The molecule has 1 heteroatoms. The summed E-state index contributed by atoms with van der Waals surface area (Å²) in [4.78, 5) is 2.48. The van der Waals surface area contributed by atoms with Gasteiger partial charge in [-0.25, -0.2) is 0 Å². The van der Waals surface area contributed by atoms with E-state index in [0.29, 0.717) is 0 Å². The van der Waals surface area contributed by atoms with Gasteiger partial charge in [-0.3, -0.25) is 0 Å². The highest BCUT2D eigenvalue weighted by Crippen LogP contribution is 2.59. The molecule has 1 aliphatic heterocycles. The van der Waals surface area contributed by atoms with Gasteiger partial charge in [0.25, 0.3) is 0 Å². The van der Waals surface area contributed by atoms with Gasteiger partial charge in [0, 0.05) is 6.54 Å². The normalized spacial score (nSPS) is 46.8. The second-order valence-corrected chi connectivity index (χ2v) is 4.16. The van der Waals surface area contributed by atoms with E-state index in [4.69, 9.17) is 0 Å². The second kappa shape index (κ2) is 1.97. The number of hydrogen-bond acceptors (Lipinski definition) is 1. The molecule has 2 atom stereocenters. The molecule has 0 bridgehead atoms. The van der Waals surface area contributed by atoms with Gasteiger partial charge in [0.1, 0.15) is 0 Å². The first-order valence-electron chi connectivity index (χ1n) is 4.45. The largest absolute Gasteiger partial charge is 0.306 e. The minimum atomic E-state index is 0.809. The van der Waals surface area contributed by atoms with E-state index < -0.39 is 0 Å². The standard InChI is InChI=1S/C9H17N/c1-3-8-6-9(8)4-5-10(2)7-9/h8H,3-7H2,1-2H3. The van der Waals surface area contributed by atoms with Gasteiger partial charge in [-0.15, -0.1) is 0 Å². The molecule has 0 amide bonds. The fourth-order valence-corrected chi connectivity index (χ4v) is 2.62. The molecule has 1 saturated carbocycles. The van der Waals surface area contributed by atoms with E-state index in [9.17, 15) is 0 Å². The van der Waals surface area contributed by atoms with E-state index in [2.05, 4.69) is 18.9 Å².